The second kappa shape index (κ2) is 8.32. The van der Waals surface area contributed by atoms with Gasteiger partial charge in [0, 0.05) is 22.9 Å². The predicted octanol–water partition coefficient (Wildman–Crippen LogP) is 6.37. The summed E-state index contributed by atoms with van der Waals surface area (Å²) in [6.45, 7) is 11.2. The van der Waals surface area contributed by atoms with Crippen molar-refractivity contribution in [2.24, 2.45) is 0 Å². The van der Waals surface area contributed by atoms with Gasteiger partial charge in [0.1, 0.15) is 0 Å². The fraction of sp³-hybridized carbons (Fsp3) is 0.273. The monoisotopic (exact) mass is 397 g/mol. The molecule has 140 valence electrons. The molecule has 0 unspecified atom stereocenters. The molecule has 0 amide bonds. The van der Waals surface area contributed by atoms with Crippen molar-refractivity contribution >= 4 is 23.4 Å². The molecule has 0 spiro atoms. The molecule has 2 aromatic carbocycles. The molecule has 3 rings (SSSR count). The molecule has 0 aliphatic rings. The number of rotatable bonds is 6. The molecular weight excluding hydrogens is 374 g/mol. The van der Waals surface area contributed by atoms with E-state index in [-0.39, 0.29) is 5.41 Å². The lowest BCUT2D eigenvalue weighted by atomic mass is 9.87. The van der Waals surface area contributed by atoms with Gasteiger partial charge in [-0.2, -0.15) is 0 Å². The first-order chi connectivity index (χ1) is 12.9. The number of allylic oxidation sites excluding steroid dienone is 1. The van der Waals surface area contributed by atoms with Crippen molar-refractivity contribution in [1.82, 2.24) is 14.8 Å². The SMILES string of the molecule is C=CCn1c(SCc2ccc(Cl)cc2)nnc1-c1ccc(C(C)(C)C)cc1. The van der Waals surface area contributed by atoms with Gasteiger partial charge in [-0.25, -0.2) is 0 Å². The maximum absolute atomic E-state index is 5.96. The summed E-state index contributed by atoms with van der Waals surface area (Å²) in [7, 11) is 0. The number of nitrogens with zero attached hydrogens (tertiary/aromatic N) is 3. The Morgan fingerprint density at radius 1 is 1.04 bits per heavy atom. The summed E-state index contributed by atoms with van der Waals surface area (Å²) in [5.41, 5.74) is 3.70. The van der Waals surface area contributed by atoms with Crippen LogP contribution in [0.25, 0.3) is 11.4 Å². The number of hydrogen-bond acceptors (Lipinski definition) is 3. The normalized spacial score (nSPS) is 11.6. The molecule has 5 heteroatoms. The number of halogens is 1. The molecule has 27 heavy (non-hydrogen) atoms. The van der Waals surface area contributed by atoms with Crippen LogP contribution in [-0.4, -0.2) is 14.8 Å². The van der Waals surface area contributed by atoms with Gasteiger partial charge in [0.2, 0.25) is 0 Å². The summed E-state index contributed by atoms with van der Waals surface area (Å²) < 4.78 is 2.11. The van der Waals surface area contributed by atoms with E-state index in [1.165, 1.54) is 11.1 Å². The standard InChI is InChI=1S/C22H24ClN3S/c1-5-14-26-20(17-8-10-18(11-9-17)22(2,3)4)24-25-21(26)27-15-16-6-12-19(23)13-7-16/h5-13H,1,14-15H2,2-4H3. The molecule has 0 N–H and O–H groups in total. The third-order valence-corrected chi connectivity index (χ3v) is 5.61. The maximum Gasteiger partial charge on any atom is 0.192 e. The van der Waals surface area contributed by atoms with Crippen molar-refractivity contribution in [3.8, 4) is 11.4 Å². The Kier molecular flexibility index (Phi) is 6.08. The first-order valence-electron chi connectivity index (χ1n) is 8.91. The lowest BCUT2D eigenvalue weighted by Gasteiger charge is -2.19. The highest BCUT2D eigenvalue weighted by Gasteiger charge is 2.16. The van der Waals surface area contributed by atoms with Crippen molar-refractivity contribution in [2.75, 3.05) is 0 Å². The average molecular weight is 398 g/mol. The minimum atomic E-state index is 0.132. The molecular formula is C22H24ClN3S. The van der Waals surface area contributed by atoms with Crippen LogP contribution in [0.2, 0.25) is 5.02 Å². The van der Waals surface area contributed by atoms with E-state index in [1.54, 1.807) is 11.8 Å². The van der Waals surface area contributed by atoms with Crippen LogP contribution in [0.3, 0.4) is 0 Å². The van der Waals surface area contributed by atoms with Gasteiger partial charge in [0.05, 0.1) is 0 Å². The van der Waals surface area contributed by atoms with Gasteiger partial charge in [-0.3, -0.25) is 4.57 Å². The molecule has 3 aromatic rings. The molecule has 0 aliphatic carbocycles. The Balaban J connectivity index is 1.84. The van der Waals surface area contributed by atoms with Crippen LogP contribution in [0.1, 0.15) is 31.9 Å². The number of aromatic nitrogens is 3. The van der Waals surface area contributed by atoms with Gasteiger partial charge in [0.25, 0.3) is 0 Å². The number of hydrogen-bond donors (Lipinski definition) is 0. The molecule has 1 heterocycles. The molecule has 0 saturated heterocycles. The van der Waals surface area contributed by atoms with E-state index in [4.69, 9.17) is 11.6 Å². The van der Waals surface area contributed by atoms with E-state index in [1.807, 2.05) is 30.3 Å². The van der Waals surface area contributed by atoms with Crippen molar-refractivity contribution in [1.29, 1.82) is 0 Å². The molecule has 0 radical (unpaired) electrons. The van der Waals surface area contributed by atoms with Crippen LogP contribution in [0.4, 0.5) is 0 Å². The van der Waals surface area contributed by atoms with Crippen LogP contribution in [0.15, 0.2) is 66.3 Å². The summed E-state index contributed by atoms with van der Waals surface area (Å²) in [6.07, 6.45) is 1.88. The van der Waals surface area contributed by atoms with E-state index in [9.17, 15) is 0 Å². The number of benzene rings is 2. The Hall–Kier alpha value is -2.04. The van der Waals surface area contributed by atoms with Gasteiger partial charge in [-0.05, 0) is 28.7 Å². The largest absolute Gasteiger partial charge is 0.298 e. The first kappa shape index (κ1) is 19.7. The lowest BCUT2D eigenvalue weighted by molar-refractivity contribution is 0.590. The third kappa shape index (κ3) is 4.82. The molecule has 0 bridgehead atoms. The topological polar surface area (TPSA) is 30.7 Å². The fourth-order valence-corrected chi connectivity index (χ4v) is 3.78. The zero-order chi connectivity index (χ0) is 19.4. The van der Waals surface area contributed by atoms with Crippen molar-refractivity contribution in [3.63, 3.8) is 0 Å². The first-order valence-corrected chi connectivity index (χ1v) is 10.3. The van der Waals surface area contributed by atoms with E-state index < -0.39 is 0 Å². The van der Waals surface area contributed by atoms with Crippen LogP contribution in [0, 0.1) is 0 Å². The van der Waals surface area contributed by atoms with E-state index in [0.717, 1.165) is 27.3 Å². The Morgan fingerprint density at radius 2 is 1.70 bits per heavy atom. The van der Waals surface area contributed by atoms with Crippen LogP contribution >= 0.6 is 23.4 Å². The maximum atomic E-state index is 5.96. The average Bonchev–Trinajstić information content (AvgIpc) is 3.04. The highest BCUT2D eigenvalue weighted by molar-refractivity contribution is 7.98. The van der Waals surface area contributed by atoms with Gasteiger partial charge < -0.3 is 0 Å². The zero-order valence-corrected chi connectivity index (χ0v) is 17.5. The zero-order valence-electron chi connectivity index (χ0n) is 15.9. The van der Waals surface area contributed by atoms with Gasteiger partial charge >= 0.3 is 0 Å². The summed E-state index contributed by atoms with van der Waals surface area (Å²) in [5, 5.41) is 10.5. The van der Waals surface area contributed by atoms with E-state index in [0.29, 0.717) is 6.54 Å². The fourth-order valence-electron chi connectivity index (χ4n) is 2.75. The second-order valence-corrected chi connectivity index (χ2v) is 8.83. The molecule has 0 saturated carbocycles. The smallest absolute Gasteiger partial charge is 0.192 e. The summed E-state index contributed by atoms with van der Waals surface area (Å²) >= 11 is 7.63. The number of thioether (sulfide) groups is 1. The Bertz CT molecular complexity index is 906. The Morgan fingerprint density at radius 3 is 2.30 bits per heavy atom. The highest BCUT2D eigenvalue weighted by Crippen LogP contribution is 2.29. The summed E-state index contributed by atoms with van der Waals surface area (Å²) in [5.74, 6) is 1.68. The second-order valence-electron chi connectivity index (χ2n) is 7.45. The quantitative estimate of drug-likeness (QED) is 0.357. The van der Waals surface area contributed by atoms with E-state index >= 15 is 0 Å². The Labute approximate surface area is 170 Å². The van der Waals surface area contributed by atoms with Crippen LogP contribution < -0.4 is 0 Å². The van der Waals surface area contributed by atoms with Crippen LogP contribution in [0.5, 0.6) is 0 Å². The minimum Gasteiger partial charge on any atom is -0.298 e. The van der Waals surface area contributed by atoms with Crippen molar-refractivity contribution in [2.45, 2.75) is 43.6 Å². The molecule has 0 aliphatic heterocycles. The predicted molar refractivity (Wildman–Crippen MR) is 115 cm³/mol. The molecule has 0 atom stereocenters. The summed E-state index contributed by atoms with van der Waals surface area (Å²) in [6, 6.07) is 16.5. The van der Waals surface area contributed by atoms with E-state index in [2.05, 4.69) is 66.4 Å². The molecule has 0 fully saturated rings. The van der Waals surface area contributed by atoms with Crippen molar-refractivity contribution < 1.29 is 0 Å². The van der Waals surface area contributed by atoms with Crippen molar-refractivity contribution in [3.05, 3.63) is 77.3 Å². The highest BCUT2D eigenvalue weighted by atomic mass is 35.5. The molecule has 1 aromatic heterocycles. The summed E-state index contributed by atoms with van der Waals surface area (Å²) in [4.78, 5) is 0. The third-order valence-electron chi connectivity index (χ3n) is 4.32. The van der Waals surface area contributed by atoms with Gasteiger partial charge in [0.15, 0.2) is 11.0 Å². The van der Waals surface area contributed by atoms with Gasteiger partial charge in [-0.1, -0.05) is 86.6 Å². The molecule has 3 nitrogen and oxygen atoms in total. The van der Waals surface area contributed by atoms with Crippen LogP contribution in [-0.2, 0) is 17.7 Å². The minimum absolute atomic E-state index is 0.132. The lowest BCUT2D eigenvalue weighted by Crippen LogP contribution is -2.10. The van der Waals surface area contributed by atoms with Gasteiger partial charge in [-0.15, -0.1) is 16.8 Å².